The minimum absolute atomic E-state index is 0.251. The molecule has 1 aliphatic rings. The lowest BCUT2D eigenvalue weighted by Gasteiger charge is -2.14. The third-order valence-corrected chi connectivity index (χ3v) is 4.99. The molecule has 0 saturated heterocycles. The average Bonchev–Trinajstić information content (AvgIpc) is 2.93. The van der Waals surface area contributed by atoms with Crippen molar-refractivity contribution in [2.75, 3.05) is 0 Å². The van der Waals surface area contributed by atoms with Crippen LogP contribution in [0.2, 0.25) is 0 Å². The van der Waals surface area contributed by atoms with Crippen molar-refractivity contribution >= 4 is 33.7 Å². The molecule has 126 valence electrons. The molecule has 3 aromatic carbocycles. The summed E-state index contributed by atoms with van der Waals surface area (Å²) < 4.78 is 0.527. The van der Waals surface area contributed by atoms with E-state index in [1.54, 1.807) is 36.4 Å². The van der Waals surface area contributed by atoms with Gasteiger partial charge in [-0.2, -0.15) is 0 Å². The lowest BCUT2D eigenvalue weighted by atomic mass is 10.0. The largest absolute Gasteiger partial charge is 0.269 e. The molecule has 1 heterocycles. The fraction of sp³-hybridized carbons (Fsp3) is 0. The lowest BCUT2D eigenvalue weighted by Crippen LogP contribution is -2.36. The van der Waals surface area contributed by atoms with Crippen molar-refractivity contribution in [2.24, 2.45) is 0 Å². The number of hydrogen-bond acceptors (Lipinski definition) is 3. The van der Waals surface area contributed by atoms with E-state index < -0.39 is 17.7 Å². The molecule has 5 heteroatoms. The maximum absolute atomic E-state index is 13.0. The standard InChI is InChI=1S/C21H12BrNO3/c22-18-11-10-14(13-6-2-1-3-7-13)12-17(18)21(26)23-19(24)15-8-4-5-9-16(15)20(23)25/h1-12H. The zero-order valence-corrected chi connectivity index (χ0v) is 15.1. The Labute approximate surface area is 158 Å². The van der Waals surface area contributed by atoms with Gasteiger partial charge in [0.1, 0.15) is 0 Å². The highest BCUT2D eigenvalue weighted by molar-refractivity contribution is 9.10. The molecule has 0 aromatic heterocycles. The predicted octanol–water partition coefficient (Wildman–Crippen LogP) is 4.55. The highest BCUT2D eigenvalue weighted by Crippen LogP contribution is 2.29. The van der Waals surface area contributed by atoms with Crippen LogP contribution in [0.15, 0.2) is 77.3 Å². The molecule has 26 heavy (non-hydrogen) atoms. The number of rotatable bonds is 2. The Morgan fingerprint density at radius 3 is 1.92 bits per heavy atom. The van der Waals surface area contributed by atoms with E-state index in [0.717, 1.165) is 11.1 Å². The molecule has 0 saturated carbocycles. The van der Waals surface area contributed by atoms with E-state index >= 15 is 0 Å². The number of halogens is 1. The van der Waals surface area contributed by atoms with Crippen LogP contribution in [0.25, 0.3) is 11.1 Å². The van der Waals surface area contributed by atoms with Gasteiger partial charge < -0.3 is 0 Å². The van der Waals surface area contributed by atoms with Crippen LogP contribution in [0, 0.1) is 0 Å². The third kappa shape index (κ3) is 2.57. The van der Waals surface area contributed by atoms with Gasteiger partial charge in [-0.3, -0.25) is 14.4 Å². The molecule has 0 N–H and O–H groups in total. The van der Waals surface area contributed by atoms with Crippen molar-refractivity contribution in [2.45, 2.75) is 0 Å². The maximum Gasteiger partial charge on any atom is 0.269 e. The van der Waals surface area contributed by atoms with Gasteiger partial charge in [0.25, 0.3) is 17.7 Å². The summed E-state index contributed by atoms with van der Waals surface area (Å²) in [6.45, 7) is 0. The van der Waals surface area contributed by atoms with Gasteiger partial charge in [0.05, 0.1) is 16.7 Å². The Morgan fingerprint density at radius 1 is 0.731 bits per heavy atom. The summed E-state index contributed by atoms with van der Waals surface area (Å²) >= 11 is 3.36. The molecule has 3 aromatic rings. The number of carbonyl (C=O) groups excluding carboxylic acids is 3. The first-order chi connectivity index (χ1) is 12.6. The normalized spacial score (nSPS) is 13.0. The van der Waals surface area contributed by atoms with Crippen LogP contribution in [-0.2, 0) is 0 Å². The predicted molar refractivity (Wildman–Crippen MR) is 101 cm³/mol. The molecule has 4 nitrogen and oxygen atoms in total. The van der Waals surface area contributed by atoms with Crippen molar-refractivity contribution in [3.8, 4) is 11.1 Å². The quantitative estimate of drug-likeness (QED) is 0.587. The van der Waals surface area contributed by atoms with Crippen LogP contribution < -0.4 is 0 Å². The van der Waals surface area contributed by atoms with Gasteiger partial charge in [0.15, 0.2) is 0 Å². The van der Waals surface area contributed by atoms with Crippen molar-refractivity contribution in [3.05, 3.63) is 94.0 Å². The second kappa shape index (κ2) is 6.35. The number of imide groups is 3. The third-order valence-electron chi connectivity index (χ3n) is 4.30. The number of fused-ring (bicyclic) bond motifs is 1. The minimum Gasteiger partial charge on any atom is -0.268 e. The van der Waals surface area contributed by atoms with Crippen molar-refractivity contribution < 1.29 is 14.4 Å². The number of carbonyl (C=O) groups is 3. The summed E-state index contributed by atoms with van der Waals surface area (Å²) in [4.78, 5) is 38.8. The van der Waals surface area contributed by atoms with Crippen LogP contribution >= 0.6 is 15.9 Å². The Hall–Kier alpha value is -3.05. The SMILES string of the molecule is O=C(c1cc(-c2ccccc2)ccc1Br)N1C(=O)c2ccccc2C1=O. The highest BCUT2D eigenvalue weighted by atomic mass is 79.9. The van der Waals surface area contributed by atoms with Crippen molar-refractivity contribution in [1.82, 2.24) is 4.90 Å². The van der Waals surface area contributed by atoms with Crippen LogP contribution in [0.4, 0.5) is 0 Å². The Morgan fingerprint density at radius 2 is 1.31 bits per heavy atom. The van der Waals surface area contributed by atoms with Gasteiger partial charge in [-0.05, 0) is 51.3 Å². The summed E-state index contributed by atoms with van der Waals surface area (Å²) in [7, 11) is 0. The summed E-state index contributed by atoms with van der Waals surface area (Å²) in [6.07, 6.45) is 0. The molecule has 3 amide bonds. The smallest absolute Gasteiger partial charge is 0.268 e. The number of nitrogens with zero attached hydrogens (tertiary/aromatic N) is 1. The monoisotopic (exact) mass is 405 g/mol. The summed E-state index contributed by atoms with van der Waals surface area (Å²) in [6, 6.07) is 21.3. The molecule has 0 fully saturated rings. The van der Waals surface area contributed by atoms with Crippen molar-refractivity contribution in [1.29, 1.82) is 0 Å². The zero-order valence-electron chi connectivity index (χ0n) is 13.5. The van der Waals surface area contributed by atoms with Gasteiger partial charge in [0, 0.05) is 4.47 Å². The fourth-order valence-corrected chi connectivity index (χ4v) is 3.41. The Kier molecular flexibility index (Phi) is 4.01. The second-order valence-corrected chi connectivity index (χ2v) is 6.71. The number of hydrogen-bond donors (Lipinski definition) is 0. The topological polar surface area (TPSA) is 54.5 Å². The molecular weight excluding hydrogens is 394 g/mol. The Bertz CT molecular complexity index is 1020. The molecule has 0 aliphatic carbocycles. The van der Waals surface area contributed by atoms with Crippen LogP contribution in [0.1, 0.15) is 31.1 Å². The van der Waals surface area contributed by atoms with Gasteiger partial charge in [-0.25, -0.2) is 4.90 Å². The van der Waals surface area contributed by atoms with Gasteiger partial charge >= 0.3 is 0 Å². The number of amides is 3. The maximum atomic E-state index is 13.0. The molecule has 0 atom stereocenters. The fourth-order valence-electron chi connectivity index (χ4n) is 2.99. The summed E-state index contributed by atoms with van der Waals surface area (Å²) in [5, 5.41) is 0. The summed E-state index contributed by atoms with van der Waals surface area (Å²) in [5.41, 5.74) is 2.54. The van der Waals surface area contributed by atoms with E-state index in [4.69, 9.17) is 0 Å². The van der Waals surface area contributed by atoms with Gasteiger partial charge in [0.2, 0.25) is 0 Å². The highest BCUT2D eigenvalue weighted by Gasteiger charge is 2.40. The first-order valence-electron chi connectivity index (χ1n) is 7.95. The van der Waals surface area contributed by atoms with Gasteiger partial charge in [-0.1, -0.05) is 48.5 Å². The van der Waals surface area contributed by atoms with Crippen LogP contribution in [-0.4, -0.2) is 22.6 Å². The van der Waals surface area contributed by atoms with E-state index in [1.165, 1.54) is 0 Å². The number of benzene rings is 3. The second-order valence-electron chi connectivity index (χ2n) is 5.86. The van der Waals surface area contributed by atoms with Crippen molar-refractivity contribution in [3.63, 3.8) is 0 Å². The lowest BCUT2D eigenvalue weighted by molar-refractivity contribution is 0.0565. The van der Waals surface area contributed by atoms with E-state index in [1.807, 2.05) is 36.4 Å². The van der Waals surface area contributed by atoms with Crippen LogP contribution in [0.5, 0.6) is 0 Å². The molecule has 0 bridgehead atoms. The molecule has 4 rings (SSSR count). The van der Waals surface area contributed by atoms with E-state index in [9.17, 15) is 14.4 Å². The first kappa shape index (κ1) is 16.4. The minimum atomic E-state index is -0.638. The van der Waals surface area contributed by atoms with Crippen LogP contribution in [0.3, 0.4) is 0 Å². The first-order valence-corrected chi connectivity index (χ1v) is 8.74. The van der Waals surface area contributed by atoms with E-state index in [2.05, 4.69) is 15.9 Å². The molecule has 0 spiro atoms. The van der Waals surface area contributed by atoms with E-state index in [-0.39, 0.29) is 16.7 Å². The molecule has 0 unspecified atom stereocenters. The summed E-state index contributed by atoms with van der Waals surface area (Å²) in [5.74, 6) is -1.82. The van der Waals surface area contributed by atoms with Gasteiger partial charge in [-0.15, -0.1) is 0 Å². The average molecular weight is 406 g/mol. The Balaban J connectivity index is 1.76. The van der Waals surface area contributed by atoms with E-state index in [0.29, 0.717) is 9.37 Å². The molecule has 0 radical (unpaired) electrons. The molecular formula is C21H12BrNO3. The molecule has 1 aliphatic heterocycles. The zero-order chi connectivity index (χ0) is 18.3.